The van der Waals surface area contributed by atoms with Gasteiger partial charge in [0.1, 0.15) is 5.75 Å². The Bertz CT molecular complexity index is 627. The molecule has 0 heterocycles. The standard InChI is InChI=1S/C18H21NO3/c1-13(15-11-7-8-12-16(15)22-3)19(2)18(21)17(20)14-9-5-4-6-10-14/h4-13,17,20H,1-3H3. The van der Waals surface area contributed by atoms with E-state index >= 15 is 0 Å². The maximum absolute atomic E-state index is 12.5. The van der Waals surface area contributed by atoms with Crippen molar-refractivity contribution in [3.05, 3.63) is 65.7 Å². The fraction of sp³-hybridized carbons (Fsp3) is 0.278. The predicted octanol–water partition coefficient (Wildman–Crippen LogP) is 2.95. The molecule has 0 radical (unpaired) electrons. The Labute approximate surface area is 131 Å². The number of amides is 1. The number of aliphatic hydroxyl groups excluding tert-OH is 1. The third-order valence-electron chi connectivity index (χ3n) is 3.87. The summed E-state index contributed by atoms with van der Waals surface area (Å²) in [7, 11) is 3.29. The van der Waals surface area contributed by atoms with Crippen molar-refractivity contribution >= 4 is 5.91 Å². The lowest BCUT2D eigenvalue weighted by molar-refractivity contribution is -0.141. The third-order valence-corrected chi connectivity index (χ3v) is 3.87. The van der Waals surface area contributed by atoms with E-state index in [4.69, 9.17) is 4.74 Å². The summed E-state index contributed by atoms with van der Waals surface area (Å²) in [6.45, 7) is 1.91. The summed E-state index contributed by atoms with van der Waals surface area (Å²) in [5.74, 6) is 0.383. The highest BCUT2D eigenvalue weighted by Gasteiger charge is 2.26. The maximum atomic E-state index is 12.5. The first-order chi connectivity index (χ1) is 10.6. The smallest absolute Gasteiger partial charge is 0.256 e. The van der Waals surface area contributed by atoms with E-state index in [1.54, 1.807) is 38.4 Å². The number of rotatable bonds is 5. The zero-order valence-electron chi connectivity index (χ0n) is 13.1. The number of likely N-dealkylation sites (N-methyl/N-ethyl adjacent to an activating group) is 1. The molecule has 4 nitrogen and oxygen atoms in total. The Hall–Kier alpha value is -2.33. The zero-order chi connectivity index (χ0) is 16.1. The van der Waals surface area contributed by atoms with E-state index in [-0.39, 0.29) is 11.9 Å². The Morgan fingerprint density at radius 1 is 1.09 bits per heavy atom. The van der Waals surface area contributed by atoms with Crippen molar-refractivity contribution in [3.63, 3.8) is 0 Å². The van der Waals surface area contributed by atoms with Crippen LogP contribution in [0.15, 0.2) is 54.6 Å². The molecule has 0 fully saturated rings. The lowest BCUT2D eigenvalue weighted by Crippen LogP contribution is -2.34. The first-order valence-corrected chi connectivity index (χ1v) is 7.19. The van der Waals surface area contributed by atoms with Crippen molar-refractivity contribution in [1.29, 1.82) is 0 Å². The van der Waals surface area contributed by atoms with Crippen LogP contribution in [0.25, 0.3) is 0 Å². The predicted molar refractivity (Wildman–Crippen MR) is 85.6 cm³/mol. The molecule has 0 saturated heterocycles. The molecule has 22 heavy (non-hydrogen) atoms. The summed E-state index contributed by atoms with van der Waals surface area (Å²) in [6, 6.07) is 16.3. The highest BCUT2D eigenvalue weighted by Crippen LogP contribution is 2.29. The van der Waals surface area contributed by atoms with Crippen LogP contribution in [-0.4, -0.2) is 30.1 Å². The van der Waals surface area contributed by atoms with Gasteiger partial charge in [-0.25, -0.2) is 0 Å². The largest absolute Gasteiger partial charge is 0.496 e. The monoisotopic (exact) mass is 299 g/mol. The number of benzene rings is 2. The van der Waals surface area contributed by atoms with Gasteiger partial charge in [-0.2, -0.15) is 0 Å². The molecule has 0 spiro atoms. The fourth-order valence-electron chi connectivity index (χ4n) is 2.38. The van der Waals surface area contributed by atoms with Crippen molar-refractivity contribution in [2.45, 2.75) is 19.1 Å². The van der Waals surface area contributed by atoms with Gasteiger partial charge in [-0.15, -0.1) is 0 Å². The van der Waals surface area contributed by atoms with Gasteiger partial charge in [0.05, 0.1) is 13.2 Å². The van der Waals surface area contributed by atoms with Crippen molar-refractivity contribution in [2.75, 3.05) is 14.2 Å². The van der Waals surface area contributed by atoms with Crippen LogP contribution in [0.1, 0.15) is 30.2 Å². The number of methoxy groups -OCH3 is 1. The number of aliphatic hydroxyl groups is 1. The normalized spacial score (nSPS) is 13.3. The summed E-state index contributed by atoms with van der Waals surface area (Å²) < 4.78 is 5.34. The molecule has 116 valence electrons. The SMILES string of the molecule is COc1ccccc1C(C)N(C)C(=O)C(O)c1ccccc1. The molecule has 0 aromatic heterocycles. The molecular formula is C18H21NO3. The summed E-state index contributed by atoms with van der Waals surface area (Å²) in [5.41, 5.74) is 1.49. The fourth-order valence-corrected chi connectivity index (χ4v) is 2.38. The minimum absolute atomic E-state index is 0.206. The van der Waals surface area contributed by atoms with E-state index in [0.29, 0.717) is 5.56 Å². The van der Waals surface area contributed by atoms with E-state index in [2.05, 4.69) is 0 Å². The van der Waals surface area contributed by atoms with E-state index in [0.717, 1.165) is 11.3 Å². The second-order valence-corrected chi connectivity index (χ2v) is 5.18. The Balaban J connectivity index is 2.19. The van der Waals surface area contributed by atoms with Crippen molar-refractivity contribution in [3.8, 4) is 5.75 Å². The Morgan fingerprint density at radius 2 is 1.68 bits per heavy atom. The van der Waals surface area contributed by atoms with Crippen molar-refractivity contribution < 1.29 is 14.6 Å². The number of carbonyl (C=O) groups excluding carboxylic acids is 1. The number of ether oxygens (including phenoxy) is 1. The highest BCUT2D eigenvalue weighted by atomic mass is 16.5. The maximum Gasteiger partial charge on any atom is 0.256 e. The first kappa shape index (κ1) is 16.0. The molecule has 0 bridgehead atoms. The second-order valence-electron chi connectivity index (χ2n) is 5.18. The Kier molecular flexibility index (Phi) is 5.17. The van der Waals surface area contributed by atoms with E-state index in [1.807, 2.05) is 37.3 Å². The van der Waals surface area contributed by atoms with E-state index in [1.165, 1.54) is 4.90 Å². The molecule has 0 aliphatic heterocycles. The summed E-state index contributed by atoms with van der Waals surface area (Å²) in [5, 5.41) is 10.3. The lowest BCUT2D eigenvalue weighted by atomic mass is 10.0. The molecule has 2 aromatic rings. The minimum Gasteiger partial charge on any atom is -0.496 e. The van der Waals surface area contributed by atoms with Crippen LogP contribution < -0.4 is 4.74 Å². The first-order valence-electron chi connectivity index (χ1n) is 7.19. The highest BCUT2D eigenvalue weighted by molar-refractivity contribution is 5.82. The number of nitrogens with zero attached hydrogens (tertiary/aromatic N) is 1. The number of carbonyl (C=O) groups is 1. The number of hydrogen-bond donors (Lipinski definition) is 1. The molecule has 0 aliphatic carbocycles. The molecule has 0 aliphatic rings. The molecule has 2 rings (SSSR count). The summed E-state index contributed by atoms with van der Waals surface area (Å²) in [6.07, 6.45) is -1.16. The molecule has 2 aromatic carbocycles. The van der Waals surface area contributed by atoms with Gasteiger partial charge in [-0.05, 0) is 18.6 Å². The zero-order valence-corrected chi connectivity index (χ0v) is 13.1. The molecule has 2 atom stereocenters. The molecule has 1 N–H and O–H groups in total. The van der Waals surface area contributed by atoms with Crippen LogP contribution >= 0.6 is 0 Å². The second kappa shape index (κ2) is 7.09. The van der Waals surface area contributed by atoms with E-state index in [9.17, 15) is 9.90 Å². The third kappa shape index (κ3) is 3.28. The van der Waals surface area contributed by atoms with Gasteiger partial charge < -0.3 is 14.7 Å². The van der Waals surface area contributed by atoms with Crippen molar-refractivity contribution in [1.82, 2.24) is 4.90 Å². The molecule has 2 unspecified atom stereocenters. The van der Waals surface area contributed by atoms with Gasteiger partial charge in [-0.1, -0.05) is 48.5 Å². The topological polar surface area (TPSA) is 49.8 Å². The summed E-state index contributed by atoms with van der Waals surface area (Å²) >= 11 is 0. The van der Waals surface area contributed by atoms with Crippen molar-refractivity contribution in [2.24, 2.45) is 0 Å². The molecular weight excluding hydrogens is 278 g/mol. The Morgan fingerprint density at radius 3 is 2.32 bits per heavy atom. The number of hydrogen-bond acceptors (Lipinski definition) is 3. The van der Waals surface area contributed by atoms with Crippen LogP contribution in [0.2, 0.25) is 0 Å². The van der Waals surface area contributed by atoms with Gasteiger partial charge in [0, 0.05) is 12.6 Å². The average Bonchev–Trinajstić information content (AvgIpc) is 2.59. The molecule has 4 heteroatoms. The minimum atomic E-state index is -1.16. The van der Waals surface area contributed by atoms with Crippen LogP contribution in [0.4, 0.5) is 0 Å². The van der Waals surface area contributed by atoms with Crippen LogP contribution in [-0.2, 0) is 4.79 Å². The van der Waals surface area contributed by atoms with Gasteiger partial charge in [0.15, 0.2) is 6.10 Å². The van der Waals surface area contributed by atoms with Crippen LogP contribution in [0.5, 0.6) is 5.75 Å². The van der Waals surface area contributed by atoms with Crippen LogP contribution in [0, 0.1) is 0 Å². The van der Waals surface area contributed by atoms with E-state index < -0.39 is 6.10 Å². The van der Waals surface area contributed by atoms with Gasteiger partial charge in [0.2, 0.25) is 0 Å². The lowest BCUT2D eigenvalue weighted by Gasteiger charge is -2.28. The summed E-state index contributed by atoms with van der Waals surface area (Å²) in [4.78, 5) is 14.0. The number of para-hydroxylation sites is 1. The van der Waals surface area contributed by atoms with Crippen LogP contribution in [0.3, 0.4) is 0 Å². The molecule has 1 amide bonds. The average molecular weight is 299 g/mol. The molecule has 0 saturated carbocycles. The van der Waals surface area contributed by atoms with Gasteiger partial charge >= 0.3 is 0 Å². The van der Waals surface area contributed by atoms with Gasteiger partial charge in [-0.3, -0.25) is 4.79 Å². The van der Waals surface area contributed by atoms with Gasteiger partial charge in [0.25, 0.3) is 5.91 Å². The quantitative estimate of drug-likeness (QED) is 0.923.